The number of hydrogen-bond donors (Lipinski definition) is 2. The highest BCUT2D eigenvalue weighted by atomic mass is 19.1. The summed E-state index contributed by atoms with van der Waals surface area (Å²) in [5.74, 6) is 0.989. The molecule has 1 unspecified atom stereocenters. The van der Waals surface area contributed by atoms with Crippen molar-refractivity contribution in [2.75, 3.05) is 32.1 Å². The molecule has 0 aliphatic rings. The first-order valence-corrected chi connectivity index (χ1v) is 13.0. The maximum Gasteiger partial charge on any atom is 0.257 e. The van der Waals surface area contributed by atoms with Gasteiger partial charge in [-0.3, -0.25) is 9.78 Å². The molecule has 0 bridgehead atoms. The van der Waals surface area contributed by atoms with Crippen molar-refractivity contribution >= 4 is 22.6 Å². The van der Waals surface area contributed by atoms with Crippen molar-refractivity contribution in [2.45, 2.75) is 33.6 Å². The number of aromatic nitrogens is 4. The summed E-state index contributed by atoms with van der Waals surface area (Å²) in [5, 5.41) is 6.19. The average molecular weight is 533 g/mol. The minimum atomic E-state index is -0.469. The normalized spacial score (nSPS) is 12.6. The molecular weight excluding hydrogens is 499 g/mol. The van der Waals surface area contributed by atoms with Crippen molar-refractivity contribution in [3.05, 3.63) is 66.0 Å². The summed E-state index contributed by atoms with van der Waals surface area (Å²) in [5.41, 5.74) is 3.11. The molecular formula is C29H33FN6O3. The van der Waals surface area contributed by atoms with Crippen LogP contribution in [-0.2, 0) is 0 Å². The number of pyridine rings is 2. The number of nitrogens with zero attached hydrogens (tertiary/aromatic N) is 4. The van der Waals surface area contributed by atoms with Crippen LogP contribution in [0.1, 0.15) is 49.5 Å². The predicted octanol–water partition coefficient (Wildman–Crippen LogP) is 5.23. The highest BCUT2D eigenvalue weighted by molar-refractivity contribution is 6.06. The molecule has 2 atom stereocenters. The lowest BCUT2D eigenvalue weighted by atomic mass is 9.86. The first kappa shape index (κ1) is 27.7. The van der Waals surface area contributed by atoms with E-state index in [9.17, 15) is 9.18 Å². The van der Waals surface area contributed by atoms with Crippen LogP contribution < -0.4 is 20.1 Å². The average Bonchev–Trinajstić information content (AvgIpc) is 2.96. The number of amides is 1. The largest absolute Gasteiger partial charge is 0.488 e. The van der Waals surface area contributed by atoms with E-state index in [4.69, 9.17) is 9.47 Å². The minimum absolute atomic E-state index is 0.0124. The van der Waals surface area contributed by atoms with Gasteiger partial charge < -0.3 is 20.1 Å². The van der Waals surface area contributed by atoms with Crippen LogP contribution in [0.3, 0.4) is 0 Å². The van der Waals surface area contributed by atoms with Gasteiger partial charge in [-0.25, -0.2) is 19.3 Å². The molecule has 0 saturated heterocycles. The van der Waals surface area contributed by atoms with E-state index in [1.54, 1.807) is 18.5 Å². The van der Waals surface area contributed by atoms with Gasteiger partial charge in [-0.15, -0.1) is 0 Å². The van der Waals surface area contributed by atoms with E-state index in [1.807, 2.05) is 26.0 Å². The van der Waals surface area contributed by atoms with Gasteiger partial charge in [0.05, 0.1) is 30.0 Å². The fraction of sp³-hybridized carbons (Fsp3) is 0.345. The fourth-order valence-electron chi connectivity index (χ4n) is 4.38. The lowest BCUT2D eigenvalue weighted by Crippen LogP contribution is -2.20. The summed E-state index contributed by atoms with van der Waals surface area (Å²) in [6.45, 7) is 9.54. The van der Waals surface area contributed by atoms with Crippen LogP contribution in [0.15, 0.2) is 49.1 Å². The monoisotopic (exact) mass is 532 g/mol. The topological polar surface area (TPSA) is 111 Å². The first-order valence-electron chi connectivity index (χ1n) is 13.0. The second-order valence-electron chi connectivity index (χ2n) is 9.13. The lowest BCUT2D eigenvalue weighted by molar-refractivity contribution is 0.0964. The zero-order valence-corrected chi connectivity index (χ0v) is 22.8. The Morgan fingerprint density at radius 1 is 1.03 bits per heavy atom. The van der Waals surface area contributed by atoms with Gasteiger partial charge in [0.15, 0.2) is 5.75 Å². The summed E-state index contributed by atoms with van der Waals surface area (Å²) < 4.78 is 26.1. The van der Waals surface area contributed by atoms with Gasteiger partial charge in [0.25, 0.3) is 11.8 Å². The molecule has 0 aliphatic heterocycles. The lowest BCUT2D eigenvalue weighted by Gasteiger charge is -2.22. The third-order valence-corrected chi connectivity index (χ3v) is 6.66. The summed E-state index contributed by atoms with van der Waals surface area (Å²) >= 11 is 0. The number of ether oxygens (including phenoxy) is 2. The van der Waals surface area contributed by atoms with Crippen molar-refractivity contribution in [1.82, 2.24) is 25.3 Å². The molecule has 3 heterocycles. The molecule has 39 heavy (non-hydrogen) atoms. The number of carbonyl (C=O) groups is 1. The standard InChI is InChI=1S/C29H33FN6O3/c1-6-38-24-12-19(15-34-29(24)39-7-2)23-13-25(36-16-35-23)33-14-17(3)18(4)20-8-9-22(30)26-21(28(37)31-5)10-11-32-27(20)26/h8-13,15-18H,6-7,14H2,1-5H3,(H,31,37)(H,33,35,36)/t17?,18-/m1/s1. The molecule has 0 saturated carbocycles. The maximum atomic E-state index is 14.8. The first-order chi connectivity index (χ1) is 18.9. The molecule has 0 aliphatic carbocycles. The summed E-state index contributed by atoms with van der Waals surface area (Å²) in [7, 11) is 1.52. The van der Waals surface area contributed by atoms with Crippen LogP contribution in [-0.4, -0.2) is 52.6 Å². The van der Waals surface area contributed by atoms with Crippen LogP contribution in [0, 0.1) is 11.7 Å². The molecule has 2 N–H and O–H groups in total. The molecule has 10 heteroatoms. The van der Waals surface area contributed by atoms with Crippen molar-refractivity contribution in [2.24, 2.45) is 5.92 Å². The Morgan fingerprint density at radius 2 is 1.82 bits per heavy atom. The van der Waals surface area contributed by atoms with Crippen molar-refractivity contribution in [3.8, 4) is 22.9 Å². The van der Waals surface area contributed by atoms with Crippen molar-refractivity contribution in [1.29, 1.82) is 0 Å². The molecule has 0 fully saturated rings. The number of halogens is 1. The van der Waals surface area contributed by atoms with E-state index in [-0.39, 0.29) is 28.7 Å². The van der Waals surface area contributed by atoms with Gasteiger partial charge >= 0.3 is 0 Å². The van der Waals surface area contributed by atoms with Gasteiger partial charge in [0.2, 0.25) is 0 Å². The molecule has 4 aromatic rings. The molecule has 3 aromatic heterocycles. The Morgan fingerprint density at radius 3 is 2.56 bits per heavy atom. The van der Waals surface area contributed by atoms with Crippen LogP contribution >= 0.6 is 0 Å². The predicted molar refractivity (Wildman–Crippen MR) is 149 cm³/mol. The Kier molecular flexibility index (Phi) is 8.85. The third kappa shape index (κ3) is 6.05. The highest BCUT2D eigenvalue weighted by Crippen LogP contribution is 2.33. The quantitative estimate of drug-likeness (QED) is 0.270. The van der Waals surface area contributed by atoms with E-state index in [1.165, 1.54) is 25.5 Å². The molecule has 4 rings (SSSR count). The van der Waals surface area contributed by atoms with Crippen LogP contribution in [0.5, 0.6) is 11.6 Å². The second-order valence-corrected chi connectivity index (χ2v) is 9.13. The molecule has 1 amide bonds. The number of carbonyl (C=O) groups excluding carboxylic acids is 1. The second kappa shape index (κ2) is 12.5. The summed E-state index contributed by atoms with van der Waals surface area (Å²) in [4.78, 5) is 29.9. The van der Waals surface area contributed by atoms with Crippen LogP contribution in [0.25, 0.3) is 22.2 Å². The number of anilines is 1. The summed E-state index contributed by atoms with van der Waals surface area (Å²) in [6, 6.07) is 8.40. The highest BCUT2D eigenvalue weighted by Gasteiger charge is 2.22. The Hall–Kier alpha value is -4.34. The van der Waals surface area contributed by atoms with Gasteiger partial charge in [-0.05, 0) is 49.4 Å². The molecule has 1 aromatic carbocycles. The molecule has 9 nitrogen and oxygen atoms in total. The zero-order chi connectivity index (χ0) is 27.9. The van der Waals surface area contributed by atoms with Crippen molar-refractivity contribution < 1.29 is 18.7 Å². The van der Waals surface area contributed by atoms with Crippen LogP contribution in [0.4, 0.5) is 10.2 Å². The number of benzene rings is 1. The number of fused-ring (bicyclic) bond motifs is 1. The molecule has 204 valence electrons. The van der Waals surface area contributed by atoms with E-state index in [0.717, 1.165) is 11.1 Å². The smallest absolute Gasteiger partial charge is 0.257 e. The van der Waals surface area contributed by atoms with E-state index in [0.29, 0.717) is 48.4 Å². The van der Waals surface area contributed by atoms with E-state index >= 15 is 0 Å². The molecule has 0 radical (unpaired) electrons. The Bertz CT molecular complexity index is 1460. The van der Waals surface area contributed by atoms with E-state index in [2.05, 4.69) is 44.4 Å². The Balaban J connectivity index is 1.53. The minimum Gasteiger partial charge on any atom is -0.488 e. The summed E-state index contributed by atoms with van der Waals surface area (Å²) in [6.07, 6.45) is 4.74. The SMILES string of the molecule is CCOc1cc(-c2cc(NCC(C)[C@@H](C)c3ccc(F)c4c(C(=O)NC)ccnc34)ncn2)cnc1OCC. The van der Waals surface area contributed by atoms with Gasteiger partial charge in [0, 0.05) is 43.0 Å². The van der Waals surface area contributed by atoms with E-state index < -0.39 is 5.82 Å². The number of rotatable bonds is 11. The maximum absolute atomic E-state index is 14.8. The van der Waals surface area contributed by atoms with Crippen molar-refractivity contribution in [3.63, 3.8) is 0 Å². The molecule has 0 spiro atoms. The van der Waals surface area contributed by atoms with Gasteiger partial charge in [-0.2, -0.15) is 0 Å². The zero-order valence-electron chi connectivity index (χ0n) is 22.8. The van der Waals surface area contributed by atoms with Crippen LogP contribution in [0.2, 0.25) is 0 Å². The van der Waals surface area contributed by atoms with Gasteiger partial charge in [0.1, 0.15) is 18.0 Å². The fourth-order valence-corrected chi connectivity index (χ4v) is 4.38. The van der Waals surface area contributed by atoms with Gasteiger partial charge in [-0.1, -0.05) is 19.9 Å². The number of nitrogens with one attached hydrogen (secondary N) is 2. The number of hydrogen-bond acceptors (Lipinski definition) is 8. The third-order valence-electron chi connectivity index (χ3n) is 6.66. The Labute approximate surface area is 227 Å².